The minimum Gasteiger partial charge on any atom is -0.465 e. The molecule has 0 N–H and O–H groups in total. The Bertz CT molecular complexity index is 1930. The van der Waals surface area contributed by atoms with Gasteiger partial charge in [0, 0.05) is 24.0 Å². The Morgan fingerprint density at radius 1 is 1.07 bits per heavy atom. The number of sulfonamides is 1. The summed E-state index contributed by atoms with van der Waals surface area (Å²) >= 11 is 0. The molecule has 1 aliphatic carbocycles. The first-order valence-corrected chi connectivity index (χ1v) is 15.3. The number of nitrogens with zero attached hydrogens (tertiary/aromatic N) is 5. The van der Waals surface area contributed by atoms with Crippen molar-refractivity contribution in [2.24, 2.45) is 0 Å². The Kier molecular flexibility index (Phi) is 7.35. The molecule has 5 aromatic rings. The number of ether oxygens (including phenoxy) is 1. The number of para-hydroxylation sites is 1. The van der Waals surface area contributed by atoms with E-state index in [-0.39, 0.29) is 11.5 Å². The van der Waals surface area contributed by atoms with E-state index in [1.54, 1.807) is 49.5 Å². The van der Waals surface area contributed by atoms with E-state index in [1.807, 2.05) is 30.3 Å². The van der Waals surface area contributed by atoms with Crippen molar-refractivity contribution in [3.63, 3.8) is 0 Å². The minimum absolute atomic E-state index is 0.0108. The van der Waals surface area contributed by atoms with E-state index in [1.165, 1.54) is 6.07 Å². The Balaban J connectivity index is 1.40. The van der Waals surface area contributed by atoms with E-state index >= 15 is 0 Å². The second-order valence-corrected chi connectivity index (χ2v) is 12.1. The third kappa shape index (κ3) is 5.31. The maximum atomic E-state index is 14.2. The molecule has 0 amide bonds. The van der Waals surface area contributed by atoms with Crippen molar-refractivity contribution >= 4 is 43.6 Å². The number of esters is 1. The number of hydrogen-bond donors (Lipinski definition) is 0. The molecule has 2 aromatic heterocycles. The van der Waals surface area contributed by atoms with Crippen molar-refractivity contribution < 1.29 is 17.9 Å². The molecule has 1 aliphatic rings. The standard InChI is InChI=1S/C32H29N5O4S/c1-2-41-31(38)21-36(42(39,40)29-7-3-5-24-6-4-18-34-32(24)29)26-15-16-28-27(19-26)35-30(37(28)25-13-14-25)17-12-22-8-10-23(20-33)11-9-22/h3-11,15-16,18-19,25H,2,12-14,17,21H2,1H3. The molecular weight excluding hydrogens is 550 g/mol. The average Bonchev–Trinajstić information content (AvgIpc) is 3.78. The van der Waals surface area contributed by atoms with Crippen LogP contribution in [0.1, 0.15) is 42.8 Å². The maximum absolute atomic E-state index is 14.2. The highest BCUT2D eigenvalue weighted by Crippen LogP contribution is 2.40. The lowest BCUT2D eigenvalue weighted by Crippen LogP contribution is -2.36. The first-order chi connectivity index (χ1) is 20.4. The summed E-state index contributed by atoms with van der Waals surface area (Å²) in [6, 6.07) is 23.9. The van der Waals surface area contributed by atoms with E-state index in [2.05, 4.69) is 15.6 Å². The minimum atomic E-state index is -4.21. The number of anilines is 1. The lowest BCUT2D eigenvalue weighted by Gasteiger charge is -2.24. The number of aryl methyl sites for hydroxylation is 2. The van der Waals surface area contributed by atoms with Gasteiger partial charge in [-0.15, -0.1) is 0 Å². The Labute approximate surface area is 244 Å². The van der Waals surface area contributed by atoms with E-state index in [9.17, 15) is 13.2 Å². The van der Waals surface area contributed by atoms with Gasteiger partial charge >= 0.3 is 5.97 Å². The zero-order valence-electron chi connectivity index (χ0n) is 23.1. The molecule has 9 nitrogen and oxygen atoms in total. The summed E-state index contributed by atoms with van der Waals surface area (Å²) in [4.78, 5) is 22.0. The molecule has 0 aliphatic heterocycles. The SMILES string of the molecule is CCOC(=O)CN(c1ccc2c(c1)nc(CCc1ccc(C#N)cc1)n2C1CC1)S(=O)(=O)c1cccc2cccnc12. The topological polar surface area (TPSA) is 118 Å². The fraction of sp³-hybridized carbons (Fsp3) is 0.250. The zero-order chi connectivity index (χ0) is 29.3. The fourth-order valence-corrected chi connectivity index (χ4v) is 6.82. The second-order valence-electron chi connectivity index (χ2n) is 10.3. The quantitative estimate of drug-likeness (QED) is 0.205. The van der Waals surface area contributed by atoms with Crippen molar-refractivity contribution in [1.29, 1.82) is 5.26 Å². The summed E-state index contributed by atoms with van der Waals surface area (Å²) in [5.41, 5.74) is 3.98. The summed E-state index contributed by atoms with van der Waals surface area (Å²) < 4.78 is 36.8. The third-order valence-corrected chi connectivity index (χ3v) is 9.21. The van der Waals surface area contributed by atoms with Gasteiger partial charge in [-0.3, -0.25) is 14.1 Å². The van der Waals surface area contributed by atoms with Gasteiger partial charge in [-0.25, -0.2) is 13.4 Å². The summed E-state index contributed by atoms with van der Waals surface area (Å²) in [5.74, 6) is 0.271. The molecule has 0 bridgehead atoms. The fourth-order valence-electron chi connectivity index (χ4n) is 5.25. The molecule has 2 heterocycles. The molecule has 0 atom stereocenters. The van der Waals surface area contributed by atoms with Crippen molar-refractivity contribution in [3.8, 4) is 6.07 Å². The summed E-state index contributed by atoms with van der Waals surface area (Å²) in [6.07, 6.45) is 5.13. The van der Waals surface area contributed by atoms with Crippen LogP contribution in [0.15, 0.2) is 83.9 Å². The van der Waals surface area contributed by atoms with Crippen LogP contribution in [0.4, 0.5) is 5.69 Å². The molecule has 1 saturated carbocycles. The largest absolute Gasteiger partial charge is 0.465 e. The number of benzene rings is 3. The number of hydrogen-bond acceptors (Lipinski definition) is 7. The van der Waals surface area contributed by atoms with Crippen LogP contribution in [0.5, 0.6) is 0 Å². The van der Waals surface area contributed by atoms with Gasteiger partial charge in [0.15, 0.2) is 0 Å². The first kappa shape index (κ1) is 27.4. The molecule has 0 unspecified atom stereocenters. The molecule has 0 radical (unpaired) electrons. The predicted molar refractivity (Wildman–Crippen MR) is 159 cm³/mol. The van der Waals surface area contributed by atoms with E-state index < -0.39 is 22.5 Å². The van der Waals surface area contributed by atoms with Crippen molar-refractivity contribution in [3.05, 3.63) is 95.9 Å². The summed E-state index contributed by atoms with van der Waals surface area (Å²) in [5, 5.41) is 9.77. The van der Waals surface area contributed by atoms with Crippen molar-refractivity contribution in [2.45, 2.75) is 43.5 Å². The summed E-state index contributed by atoms with van der Waals surface area (Å²) in [6.45, 7) is 1.33. The van der Waals surface area contributed by atoms with E-state index in [0.29, 0.717) is 40.1 Å². The third-order valence-electron chi connectivity index (χ3n) is 7.41. The first-order valence-electron chi connectivity index (χ1n) is 13.9. The predicted octanol–water partition coefficient (Wildman–Crippen LogP) is 5.33. The highest BCUT2D eigenvalue weighted by Gasteiger charge is 2.32. The number of carbonyl (C=O) groups is 1. The molecular formula is C32H29N5O4S. The van der Waals surface area contributed by atoms with Crippen molar-refractivity contribution in [2.75, 3.05) is 17.5 Å². The molecule has 6 rings (SSSR count). The van der Waals surface area contributed by atoms with E-state index in [4.69, 9.17) is 15.0 Å². The van der Waals surface area contributed by atoms with Crippen LogP contribution < -0.4 is 4.31 Å². The van der Waals surface area contributed by atoms with Gasteiger partial charge < -0.3 is 9.30 Å². The average molecular weight is 580 g/mol. The van der Waals surface area contributed by atoms with Crippen LogP contribution >= 0.6 is 0 Å². The Morgan fingerprint density at radius 3 is 2.60 bits per heavy atom. The number of pyridine rings is 1. The number of nitriles is 1. The van der Waals surface area contributed by atoms with Gasteiger partial charge in [-0.1, -0.05) is 30.3 Å². The van der Waals surface area contributed by atoms with Gasteiger partial charge in [-0.05, 0) is 74.2 Å². The highest BCUT2D eigenvalue weighted by atomic mass is 32.2. The second kappa shape index (κ2) is 11.3. The molecule has 10 heteroatoms. The van der Waals surface area contributed by atoms with Crippen LogP contribution in [0, 0.1) is 11.3 Å². The maximum Gasteiger partial charge on any atom is 0.326 e. The van der Waals surface area contributed by atoms with Crippen LogP contribution in [-0.2, 0) is 32.4 Å². The Hall–Kier alpha value is -4.75. The molecule has 0 spiro atoms. The highest BCUT2D eigenvalue weighted by molar-refractivity contribution is 7.93. The summed E-state index contributed by atoms with van der Waals surface area (Å²) in [7, 11) is -4.21. The van der Waals surface area contributed by atoms with Crippen LogP contribution in [0.25, 0.3) is 21.9 Å². The van der Waals surface area contributed by atoms with Gasteiger partial charge in [0.1, 0.15) is 17.3 Å². The lowest BCUT2D eigenvalue weighted by molar-refractivity contribution is -0.141. The number of imidazole rings is 1. The van der Waals surface area contributed by atoms with Crippen LogP contribution in [0.2, 0.25) is 0 Å². The molecule has 3 aromatic carbocycles. The Morgan fingerprint density at radius 2 is 1.86 bits per heavy atom. The van der Waals surface area contributed by atoms with Gasteiger partial charge in [0.2, 0.25) is 0 Å². The molecule has 0 saturated heterocycles. The monoisotopic (exact) mass is 579 g/mol. The normalized spacial score (nSPS) is 13.2. The zero-order valence-corrected chi connectivity index (χ0v) is 23.9. The number of rotatable bonds is 10. The molecule has 212 valence electrons. The van der Waals surface area contributed by atoms with Crippen molar-refractivity contribution in [1.82, 2.24) is 14.5 Å². The van der Waals surface area contributed by atoms with Gasteiger partial charge in [-0.2, -0.15) is 5.26 Å². The van der Waals surface area contributed by atoms with E-state index in [0.717, 1.165) is 40.5 Å². The number of aromatic nitrogens is 3. The van der Waals surface area contributed by atoms with Gasteiger partial charge in [0.05, 0.1) is 40.5 Å². The number of fused-ring (bicyclic) bond motifs is 2. The smallest absolute Gasteiger partial charge is 0.326 e. The molecule has 1 fully saturated rings. The number of carbonyl (C=O) groups excluding carboxylic acids is 1. The van der Waals surface area contributed by atoms with Crippen LogP contribution in [0.3, 0.4) is 0 Å². The molecule has 42 heavy (non-hydrogen) atoms. The van der Waals surface area contributed by atoms with Gasteiger partial charge in [0.25, 0.3) is 10.0 Å². The van der Waals surface area contributed by atoms with Crippen LogP contribution in [-0.4, -0.2) is 42.1 Å². The lowest BCUT2D eigenvalue weighted by atomic mass is 10.1.